The third kappa shape index (κ3) is 1.85. The summed E-state index contributed by atoms with van der Waals surface area (Å²) in [5.74, 6) is 0.322. The zero-order valence-electron chi connectivity index (χ0n) is 4.24. The SMILES string of the molecule is Cl.Oc1ccccc1. The van der Waals surface area contributed by atoms with Crippen molar-refractivity contribution < 1.29 is 5.11 Å². The Bertz CT molecular complexity index is 138. The largest absolute Gasteiger partial charge is 0.508 e. The van der Waals surface area contributed by atoms with Gasteiger partial charge in [0.15, 0.2) is 0 Å². The second kappa shape index (κ2) is 3.33. The lowest BCUT2D eigenvalue weighted by Gasteiger charge is -1.82. The van der Waals surface area contributed by atoms with Gasteiger partial charge in [-0.2, -0.15) is 0 Å². The number of phenolic OH excluding ortho intramolecular Hbond substituents is 1. The fourth-order valence-electron chi connectivity index (χ4n) is 0.428. The van der Waals surface area contributed by atoms with E-state index in [9.17, 15) is 0 Å². The molecule has 0 saturated carbocycles. The molecule has 1 N–H and O–H groups in total. The van der Waals surface area contributed by atoms with E-state index in [1.165, 1.54) is 0 Å². The van der Waals surface area contributed by atoms with Gasteiger partial charge in [0.05, 0.1) is 0 Å². The first-order valence-corrected chi connectivity index (χ1v) is 2.13. The normalized spacial score (nSPS) is 7.50. The summed E-state index contributed by atoms with van der Waals surface area (Å²) in [6.45, 7) is 0. The van der Waals surface area contributed by atoms with E-state index in [0.717, 1.165) is 0 Å². The number of hydrogen-bond donors (Lipinski definition) is 1. The van der Waals surface area contributed by atoms with Crippen LogP contribution < -0.4 is 0 Å². The molecule has 0 spiro atoms. The molecule has 0 aromatic heterocycles. The number of para-hydroxylation sites is 1. The molecule has 0 atom stereocenters. The first-order chi connectivity index (χ1) is 3.39. The number of hydrogen-bond acceptors (Lipinski definition) is 1. The Morgan fingerprint density at radius 1 is 1.00 bits per heavy atom. The molecule has 8 heavy (non-hydrogen) atoms. The third-order valence-corrected chi connectivity index (χ3v) is 0.756. The fraction of sp³-hybridized carbons (Fsp3) is 0. The minimum atomic E-state index is 0. The molecule has 1 aromatic rings. The summed E-state index contributed by atoms with van der Waals surface area (Å²) in [6.07, 6.45) is 0. The molecule has 0 fully saturated rings. The predicted molar refractivity (Wildman–Crippen MR) is 35.4 cm³/mol. The van der Waals surface area contributed by atoms with E-state index >= 15 is 0 Å². The number of halogens is 1. The fourth-order valence-corrected chi connectivity index (χ4v) is 0.428. The molecule has 0 amide bonds. The van der Waals surface area contributed by atoms with Crippen LogP contribution in [0.4, 0.5) is 0 Å². The number of phenols is 1. The molecule has 2 heteroatoms. The van der Waals surface area contributed by atoms with Crippen molar-refractivity contribution in [1.82, 2.24) is 0 Å². The number of benzene rings is 1. The van der Waals surface area contributed by atoms with Gasteiger partial charge in [-0.05, 0) is 12.1 Å². The van der Waals surface area contributed by atoms with Gasteiger partial charge in [0, 0.05) is 0 Å². The average Bonchev–Trinajstić information content (AvgIpc) is 1.69. The van der Waals surface area contributed by atoms with Crippen molar-refractivity contribution in [2.24, 2.45) is 0 Å². The zero-order valence-corrected chi connectivity index (χ0v) is 5.06. The van der Waals surface area contributed by atoms with Crippen molar-refractivity contribution in [3.8, 4) is 5.75 Å². The molecule has 0 bridgehead atoms. The van der Waals surface area contributed by atoms with Crippen LogP contribution in [0.1, 0.15) is 0 Å². The molecular formula is C6H7ClO. The maximum Gasteiger partial charge on any atom is 0.115 e. The van der Waals surface area contributed by atoms with Crippen molar-refractivity contribution in [2.75, 3.05) is 0 Å². The molecule has 1 nitrogen and oxygen atoms in total. The summed E-state index contributed by atoms with van der Waals surface area (Å²) in [4.78, 5) is 0. The lowest BCUT2D eigenvalue weighted by atomic mass is 10.3. The van der Waals surface area contributed by atoms with Crippen molar-refractivity contribution in [3.63, 3.8) is 0 Å². The van der Waals surface area contributed by atoms with E-state index in [4.69, 9.17) is 5.11 Å². The first kappa shape index (κ1) is 7.31. The van der Waals surface area contributed by atoms with Gasteiger partial charge in [-0.25, -0.2) is 0 Å². The maximum absolute atomic E-state index is 8.63. The lowest BCUT2D eigenvalue weighted by Crippen LogP contribution is -1.56. The van der Waals surface area contributed by atoms with E-state index in [0.29, 0.717) is 5.75 Å². The molecule has 1 aromatic carbocycles. The smallest absolute Gasteiger partial charge is 0.115 e. The summed E-state index contributed by atoms with van der Waals surface area (Å²) in [7, 11) is 0. The highest BCUT2D eigenvalue weighted by molar-refractivity contribution is 5.85. The van der Waals surface area contributed by atoms with Gasteiger partial charge in [0.25, 0.3) is 0 Å². The molecular weight excluding hydrogens is 124 g/mol. The Hall–Kier alpha value is -0.690. The van der Waals surface area contributed by atoms with Crippen molar-refractivity contribution in [3.05, 3.63) is 30.3 Å². The van der Waals surface area contributed by atoms with E-state index < -0.39 is 0 Å². The summed E-state index contributed by atoms with van der Waals surface area (Å²) >= 11 is 0. The van der Waals surface area contributed by atoms with Crippen LogP contribution in [-0.4, -0.2) is 5.11 Å². The van der Waals surface area contributed by atoms with E-state index in [1.807, 2.05) is 6.07 Å². The Morgan fingerprint density at radius 2 is 1.50 bits per heavy atom. The second-order valence-corrected chi connectivity index (χ2v) is 1.34. The van der Waals surface area contributed by atoms with Gasteiger partial charge in [-0.15, -0.1) is 12.4 Å². The molecule has 0 aliphatic carbocycles. The van der Waals surface area contributed by atoms with Crippen LogP contribution in [-0.2, 0) is 0 Å². The Balaban J connectivity index is 0.000000490. The van der Waals surface area contributed by atoms with Gasteiger partial charge in [0.2, 0.25) is 0 Å². The van der Waals surface area contributed by atoms with Crippen LogP contribution in [0.3, 0.4) is 0 Å². The molecule has 0 unspecified atom stereocenters. The van der Waals surface area contributed by atoms with Crippen LogP contribution in [0.25, 0.3) is 0 Å². The highest BCUT2D eigenvalue weighted by Gasteiger charge is 1.74. The van der Waals surface area contributed by atoms with E-state index in [2.05, 4.69) is 0 Å². The maximum atomic E-state index is 8.63. The molecule has 0 heterocycles. The van der Waals surface area contributed by atoms with Gasteiger partial charge in [-0.3, -0.25) is 0 Å². The molecule has 0 aliphatic heterocycles. The minimum Gasteiger partial charge on any atom is -0.508 e. The average molecular weight is 131 g/mol. The third-order valence-electron chi connectivity index (χ3n) is 0.756. The van der Waals surface area contributed by atoms with Gasteiger partial charge >= 0.3 is 0 Å². The molecule has 44 valence electrons. The lowest BCUT2D eigenvalue weighted by molar-refractivity contribution is 0.475. The van der Waals surface area contributed by atoms with Crippen molar-refractivity contribution in [1.29, 1.82) is 0 Å². The monoisotopic (exact) mass is 130 g/mol. The van der Waals surface area contributed by atoms with Gasteiger partial charge in [0.1, 0.15) is 5.75 Å². The summed E-state index contributed by atoms with van der Waals surface area (Å²) in [6, 6.07) is 8.71. The minimum absolute atomic E-state index is 0. The molecule has 0 radical (unpaired) electrons. The van der Waals surface area contributed by atoms with Crippen LogP contribution >= 0.6 is 12.4 Å². The highest BCUT2D eigenvalue weighted by Crippen LogP contribution is 2.02. The predicted octanol–water partition coefficient (Wildman–Crippen LogP) is 1.81. The van der Waals surface area contributed by atoms with E-state index in [-0.39, 0.29) is 12.4 Å². The number of aromatic hydroxyl groups is 1. The van der Waals surface area contributed by atoms with Gasteiger partial charge in [-0.1, -0.05) is 18.2 Å². The molecule has 1 rings (SSSR count). The van der Waals surface area contributed by atoms with Crippen LogP contribution in [0, 0.1) is 0 Å². The summed E-state index contributed by atoms with van der Waals surface area (Å²) < 4.78 is 0. The molecule has 0 saturated heterocycles. The second-order valence-electron chi connectivity index (χ2n) is 1.34. The van der Waals surface area contributed by atoms with Crippen molar-refractivity contribution >= 4 is 12.4 Å². The quantitative estimate of drug-likeness (QED) is 0.568. The summed E-state index contributed by atoms with van der Waals surface area (Å²) in [5, 5.41) is 8.63. The highest BCUT2D eigenvalue weighted by atomic mass is 35.5. The Kier molecular flexibility index (Phi) is 3.04. The summed E-state index contributed by atoms with van der Waals surface area (Å²) in [5.41, 5.74) is 0. The molecule has 0 aliphatic rings. The van der Waals surface area contributed by atoms with Crippen molar-refractivity contribution in [2.45, 2.75) is 0 Å². The Morgan fingerprint density at radius 3 is 1.75 bits per heavy atom. The first-order valence-electron chi connectivity index (χ1n) is 2.13. The topological polar surface area (TPSA) is 20.2 Å². The standard InChI is InChI=1S/C6H6O.ClH/c7-6-4-2-1-3-5-6;/h1-5,7H;1H. The Labute approximate surface area is 54.4 Å². The van der Waals surface area contributed by atoms with Crippen LogP contribution in [0.2, 0.25) is 0 Å². The zero-order chi connectivity index (χ0) is 5.11. The van der Waals surface area contributed by atoms with Gasteiger partial charge < -0.3 is 5.11 Å². The van der Waals surface area contributed by atoms with E-state index in [1.54, 1.807) is 24.3 Å². The van der Waals surface area contributed by atoms with Crippen LogP contribution in [0.5, 0.6) is 5.75 Å². The number of rotatable bonds is 0. The van der Waals surface area contributed by atoms with Crippen LogP contribution in [0.15, 0.2) is 30.3 Å².